The van der Waals surface area contributed by atoms with E-state index in [1.165, 1.54) is 94.7 Å². The average molecular weight is 1690 g/mol. The maximum absolute atomic E-state index is 14.7. The maximum Gasteiger partial charge on any atom is 0.408 e. The summed E-state index contributed by atoms with van der Waals surface area (Å²) in [7, 11) is -7.87. The monoisotopic (exact) mass is 1690 g/mol. The first-order chi connectivity index (χ1) is 54.7. The smallest absolute Gasteiger partial charge is 0.408 e. The molecule has 4 heterocycles. The number of alkyl carbamates (subject to hydrolysis) is 2. The van der Waals surface area contributed by atoms with Crippen LogP contribution in [0.25, 0.3) is 0 Å². The summed E-state index contributed by atoms with van der Waals surface area (Å²) < 4.78 is 118. The standard InChI is InChI=1S/C41H49F2N9O8S.C29H39Cl2N7O8S.C6H6FN/c1-5-23-21-41(23,35(55)51-61(57,58)30-18-19-30)50-33(53)31-20-29(22-52(31)34(54)32(40(2,3)4)46-39(56)60-28-8-6-7-9-28)59-38-48-36(44-26-14-10-24(42)11-15-26)47-37(49-38)45-27-16-12-25(43)13-17-27;1-5-15-13-29(15,23(41)37-47(43,44)18-10-11-18)36-21(39)19-12-17(45-26-34-24(30)33-25(31)35-26)14-38(19)22(40)20(28(2,3)4)32-27(42)46-16-8-6-7-9-16;7-5-1-3-6(8)4-2-5/h5,10-17,23,28-32H,1,6-9,18-22H2,2-4H3,(H,46,56)(H,50,53)(H,51,55)(H2,44,45,47,48,49);5,15-20H,1,6-14H2,2-4H3,(H,32,42)(H,36,39)(H,37,41);1-4H,8H2/t23-,29-,31+,32-,41-;15-,17-,19+,20-,29-;/m11./s1. The van der Waals surface area contributed by atoms with Gasteiger partial charge in [0.25, 0.3) is 11.8 Å². The van der Waals surface area contributed by atoms with Crippen molar-refractivity contribution in [3.05, 3.63) is 126 Å². The molecule has 626 valence electrons. The largest absolute Gasteiger partial charge is 0.458 e. The third-order valence-corrected chi connectivity index (χ3v) is 24.9. The Bertz CT molecular complexity index is 4640. The van der Waals surface area contributed by atoms with Crippen molar-refractivity contribution in [3.8, 4) is 12.0 Å². The van der Waals surface area contributed by atoms with Crippen LogP contribution in [0.4, 0.5) is 51.7 Å². The summed E-state index contributed by atoms with van der Waals surface area (Å²) in [4.78, 5) is 138. The zero-order chi connectivity index (χ0) is 84.0. The lowest BCUT2D eigenvalue weighted by atomic mass is 9.85. The number of benzene rings is 3. The van der Waals surface area contributed by atoms with E-state index in [1.54, 1.807) is 41.5 Å². The van der Waals surface area contributed by atoms with Gasteiger partial charge in [0.15, 0.2) is 0 Å². The maximum atomic E-state index is 14.7. The average Bonchev–Trinajstić information content (AvgIpc) is 1.57. The molecule has 5 aromatic rings. The Balaban J connectivity index is 0.000000213. The molecule has 0 bridgehead atoms. The van der Waals surface area contributed by atoms with E-state index < -0.39 is 160 Å². The van der Waals surface area contributed by atoms with Gasteiger partial charge in [-0.05, 0) is 197 Å². The third kappa shape index (κ3) is 22.3. The number of halogens is 5. The number of nitrogens with two attached hydrogens (primary N) is 1. The van der Waals surface area contributed by atoms with Gasteiger partial charge < -0.3 is 66.4 Å². The molecule has 8 aliphatic rings. The lowest BCUT2D eigenvalue weighted by Gasteiger charge is -2.35. The van der Waals surface area contributed by atoms with Crippen molar-refractivity contribution < 1.29 is 87.3 Å². The number of aromatic nitrogens is 6. The lowest BCUT2D eigenvalue weighted by Crippen LogP contribution is -2.60. The fourth-order valence-electron chi connectivity index (χ4n) is 14.0. The minimum absolute atomic E-state index is 0.0301. The topological polar surface area (TPSA) is 448 Å². The number of nitrogens with zero attached hydrogens (tertiary/aromatic N) is 8. The first kappa shape index (κ1) is 86.6. The SMILES string of the molecule is C=C[C@@H]1C[C@]1(NC(=O)[C@@H]1C[C@@H](Oc2nc(Cl)nc(Cl)n2)CN1C(=O)[C@@H](NC(=O)OC1CCCC1)C(C)(C)C)C(=O)NS(=O)(=O)C1CC1.C=C[C@@H]1C[C@]1(NC(=O)[C@@H]1C[C@@H](Oc2nc(Nc3ccc(F)cc3)nc(Nc3ccc(F)cc3)n2)CN1C(=O)[C@@H](NC(=O)OC1CCCC1)C(C)(C)C)C(=O)NS(=O)(=O)C1CC1.Nc1ccc(F)cc1. The summed E-state index contributed by atoms with van der Waals surface area (Å²) in [5, 5.41) is 15.0. The number of anilines is 5. The molecular formula is C76H94Cl2F3N17O16S2. The second-order valence-corrected chi connectivity index (χ2v) is 36.7. The number of carbonyl (C=O) groups excluding carboxylic acids is 8. The van der Waals surface area contributed by atoms with Crippen LogP contribution in [-0.2, 0) is 58.3 Å². The molecule has 6 saturated carbocycles. The number of nitrogens with one attached hydrogen (secondary N) is 8. The highest BCUT2D eigenvalue weighted by Crippen LogP contribution is 2.47. The minimum atomic E-state index is -3.97. The van der Waals surface area contributed by atoms with Gasteiger partial charge in [-0.15, -0.1) is 13.2 Å². The van der Waals surface area contributed by atoms with Crippen LogP contribution in [0.3, 0.4) is 0 Å². The number of hydrogen-bond acceptors (Lipinski definition) is 25. The van der Waals surface area contributed by atoms with Gasteiger partial charge in [-0.25, -0.2) is 39.6 Å². The molecule has 10 atom stereocenters. The fraction of sp³-hybridized carbons (Fsp3) is 0.526. The molecule has 3 aromatic carbocycles. The molecule has 0 spiro atoms. The van der Waals surface area contributed by atoms with Gasteiger partial charge >= 0.3 is 24.2 Å². The van der Waals surface area contributed by atoms with Crippen LogP contribution in [0.15, 0.2) is 98.1 Å². The number of carbonyl (C=O) groups is 8. The first-order valence-electron chi connectivity index (χ1n) is 38.0. The molecule has 2 aromatic heterocycles. The minimum Gasteiger partial charge on any atom is -0.458 e. The van der Waals surface area contributed by atoms with Crippen molar-refractivity contribution >= 4 is 120 Å². The zero-order valence-electron chi connectivity index (χ0n) is 64.5. The second-order valence-electron chi connectivity index (χ2n) is 32.1. The lowest BCUT2D eigenvalue weighted by molar-refractivity contribution is -0.143. The van der Waals surface area contributed by atoms with Crippen LogP contribution < -0.4 is 56.6 Å². The fourth-order valence-corrected chi connectivity index (χ4v) is 17.1. The van der Waals surface area contributed by atoms with E-state index in [1.807, 2.05) is 0 Å². The van der Waals surface area contributed by atoms with Crippen LogP contribution in [0.2, 0.25) is 10.6 Å². The van der Waals surface area contributed by atoms with E-state index in [2.05, 4.69) is 84.4 Å². The van der Waals surface area contributed by atoms with Crippen LogP contribution >= 0.6 is 23.2 Å². The van der Waals surface area contributed by atoms with E-state index in [4.69, 9.17) is 47.9 Å². The summed E-state index contributed by atoms with van der Waals surface area (Å²) >= 11 is 11.8. The van der Waals surface area contributed by atoms with E-state index in [9.17, 15) is 68.4 Å². The summed E-state index contributed by atoms with van der Waals surface area (Å²) in [6, 6.07) is 11.2. The number of nitrogen functional groups attached to an aromatic ring is 1. The normalized spacial score (nSPS) is 23.5. The Morgan fingerprint density at radius 1 is 0.517 bits per heavy atom. The van der Waals surface area contributed by atoms with Gasteiger partial charge in [-0.1, -0.05) is 53.7 Å². The molecule has 40 heteroatoms. The van der Waals surface area contributed by atoms with Crippen molar-refractivity contribution in [3.63, 3.8) is 0 Å². The number of amides is 8. The second kappa shape index (κ2) is 35.7. The van der Waals surface area contributed by atoms with Crippen molar-refractivity contribution in [2.75, 3.05) is 29.5 Å². The summed E-state index contributed by atoms with van der Waals surface area (Å²) in [6.07, 6.45) is 7.39. The van der Waals surface area contributed by atoms with E-state index >= 15 is 0 Å². The number of sulfonamides is 2. The zero-order valence-corrected chi connectivity index (χ0v) is 67.7. The number of hydrogen-bond donors (Lipinski definition) is 9. The Hall–Kier alpha value is -10.2. The van der Waals surface area contributed by atoms with Crippen LogP contribution in [0, 0.1) is 40.1 Å². The Labute approximate surface area is 678 Å². The number of rotatable bonds is 26. The molecule has 8 fully saturated rings. The van der Waals surface area contributed by atoms with Crippen LogP contribution in [0.1, 0.15) is 144 Å². The van der Waals surface area contributed by atoms with Gasteiger partial charge in [-0.2, -0.15) is 29.9 Å². The molecule has 13 rings (SSSR count). The summed E-state index contributed by atoms with van der Waals surface area (Å²) in [5.74, 6) is -6.87. The molecule has 8 amide bonds. The van der Waals surface area contributed by atoms with Crippen LogP contribution in [0.5, 0.6) is 12.0 Å². The van der Waals surface area contributed by atoms with Gasteiger partial charge in [0.2, 0.25) is 66.1 Å². The Kier molecular flexibility index (Phi) is 26.7. The summed E-state index contributed by atoms with van der Waals surface area (Å²) in [6.45, 7) is 17.7. The molecule has 10 N–H and O–H groups in total. The first-order valence-corrected chi connectivity index (χ1v) is 41.9. The van der Waals surface area contributed by atoms with E-state index in [0.717, 1.165) is 38.5 Å². The van der Waals surface area contributed by atoms with E-state index in [-0.39, 0.29) is 91.3 Å². The molecule has 2 saturated heterocycles. The number of ether oxygens (including phenoxy) is 4. The molecule has 0 unspecified atom stereocenters. The number of likely N-dealkylation sites (tertiary alicyclic amines) is 2. The van der Waals surface area contributed by atoms with Crippen molar-refractivity contribution in [2.45, 2.75) is 214 Å². The molecule has 0 radical (unpaired) electrons. The highest BCUT2D eigenvalue weighted by Gasteiger charge is 2.64. The highest BCUT2D eigenvalue weighted by atomic mass is 35.5. The Morgan fingerprint density at radius 3 is 1.18 bits per heavy atom. The van der Waals surface area contributed by atoms with Crippen molar-refractivity contribution in [1.29, 1.82) is 0 Å². The van der Waals surface area contributed by atoms with E-state index in [0.29, 0.717) is 55.6 Å². The van der Waals surface area contributed by atoms with Crippen LogP contribution in [-0.4, -0.2) is 187 Å². The predicted molar refractivity (Wildman–Crippen MR) is 418 cm³/mol. The van der Waals surface area contributed by atoms with Crippen molar-refractivity contribution in [2.24, 2.45) is 22.7 Å². The molecular weight excluding hydrogens is 1600 g/mol. The van der Waals surface area contributed by atoms with Crippen molar-refractivity contribution in [1.82, 2.24) is 70.4 Å². The van der Waals surface area contributed by atoms with Gasteiger partial charge in [-0.3, -0.25) is 38.2 Å². The highest BCUT2D eigenvalue weighted by molar-refractivity contribution is 7.91. The quantitative estimate of drug-likeness (QED) is 0.0185. The summed E-state index contributed by atoms with van der Waals surface area (Å²) in [5.41, 5.74) is 1.78. The van der Waals surface area contributed by atoms with Gasteiger partial charge in [0.05, 0.1) is 23.6 Å². The third-order valence-electron chi connectivity index (χ3n) is 20.9. The molecule has 116 heavy (non-hydrogen) atoms. The molecule has 2 aliphatic heterocycles. The van der Waals surface area contributed by atoms with Gasteiger partial charge in [0, 0.05) is 41.7 Å². The van der Waals surface area contributed by atoms with Gasteiger partial charge in [0.1, 0.15) is 77.1 Å². The molecule has 33 nitrogen and oxygen atoms in total. The predicted octanol–water partition coefficient (Wildman–Crippen LogP) is 8.43. The molecule has 6 aliphatic carbocycles. The Morgan fingerprint density at radius 2 is 0.862 bits per heavy atom.